The van der Waals surface area contributed by atoms with E-state index in [9.17, 15) is 19.5 Å². The van der Waals surface area contributed by atoms with E-state index >= 15 is 0 Å². The zero-order valence-electron chi connectivity index (χ0n) is 12.5. The topological polar surface area (TPSA) is 86.7 Å². The van der Waals surface area contributed by atoms with Crippen LogP contribution >= 0.6 is 11.8 Å². The zero-order valence-corrected chi connectivity index (χ0v) is 13.3. The van der Waals surface area contributed by atoms with Crippen molar-refractivity contribution in [3.8, 4) is 5.75 Å². The van der Waals surface area contributed by atoms with Crippen LogP contribution in [0.5, 0.6) is 5.75 Å². The molecule has 3 amide bonds. The quantitative estimate of drug-likeness (QED) is 0.834. The lowest BCUT2D eigenvalue weighted by Crippen LogP contribution is -2.32. The van der Waals surface area contributed by atoms with E-state index in [-0.39, 0.29) is 17.9 Å². The maximum Gasteiger partial charge on any atom is 0.293 e. The van der Waals surface area contributed by atoms with Crippen molar-refractivity contribution in [2.45, 2.75) is 11.7 Å². The molecule has 2 aromatic rings. The minimum Gasteiger partial charge on any atom is -0.506 e. The Bertz CT molecular complexity index is 794. The summed E-state index contributed by atoms with van der Waals surface area (Å²) in [5.74, 6) is -0.910. The van der Waals surface area contributed by atoms with Crippen LogP contribution in [0.1, 0.15) is 6.42 Å². The fraction of sp³-hybridized carbons (Fsp3) is 0.118. The number of phenolic OH excluding ortho intramolecular Hbond substituents is 1. The second-order valence-electron chi connectivity index (χ2n) is 5.15. The molecule has 3 rings (SSSR count). The Morgan fingerprint density at radius 2 is 1.75 bits per heavy atom. The van der Waals surface area contributed by atoms with Crippen molar-refractivity contribution < 1.29 is 19.5 Å². The monoisotopic (exact) mass is 342 g/mol. The molecule has 1 aliphatic heterocycles. The first-order chi connectivity index (χ1) is 11.6. The van der Waals surface area contributed by atoms with Gasteiger partial charge in [0.25, 0.3) is 5.24 Å². The van der Waals surface area contributed by atoms with E-state index in [0.29, 0.717) is 5.69 Å². The van der Waals surface area contributed by atoms with E-state index in [1.165, 1.54) is 6.07 Å². The minimum absolute atomic E-state index is 0.0572. The largest absolute Gasteiger partial charge is 0.506 e. The van der Waals surface area contributed by atoms with Crippen LogP contribution in [0.2, 0.25) is 0 Å². The van der Waals surface area contributed by atoms with Crippen LogP contribution in [0.15, 0.2) is 54.6 Å². The molecule has 1 aliphatic rings. The molecule has 1 unspecified atom stereocenters. The molecule has 1 saturated heterocycles. The first-order valence-electron chi connectivity index (χ1n) is 7.24. The smallest absolute Gasteiger partial charge is 0.293 e. The van der Waals surface area contributed by atoms with E-state index < -0.39 is 22.3 Å². The van der Waals surface area contributed by atoms with E-state index in [4.69, 9.17) is 0 Å². The maximum absolute atomic E-state index is 12.4. The van der Waals surface area contributed by atoms with Crippen LogP contribution in [0.3, 0.4) is 0 Å². The number of phenols is 1. The Morgan fingerprint density at radius 1 is 1.08 bits per heavy atom. The van der Waals surface area contributed by atoms with Crippen molar-refractivity contribution in [1.29, 1.82) is 0 Å². The fourth-order valence-electron chi connectivity index (χ4n) is 2.35. The number of thioether (sulfide) groups is 1. The van der Waals surface area contributed by atoms with Gasteiger partial charge >= 0.3 is 0 Å². The van der Waals surface area contributed by atoms with Gasteiger partial charge in [-0.15, -0.1) is 0 Å². The Balaban J connectivity index is 1.68. The number of rotatable bonds is 4. The highest BCUT2D eigenvalue weighted by Gasteiger charge is 2.41. The summed E-state index contributed by atoms with van der Waals surface area (Å²) in [4.78, 5) is 37.7. The highest BCUT2D eigenvalue weighted by Crippen LogP contribution is 2.33. The molecule has 7 heteroatoms. The number of carbonyl (C=O) groups excluding carboxylic acids is 3. The van der Waals surface area contributed by atoms with Gasteiger partial charge in [-0.25, -0.2) is 4.90 Å². The summed E-state index contributed by atoms with van der Waals surface area (Å²) in [5, 5.41) is 11.0. The number of anilines is 2. The summed E-state index contributed by atoms with van der Waals surface area (Å²) < 4.78 is 0. The molecule has 6 nitrogen and oxygen atoms in total. The fourth-order valence-corrected chi connectivity index (χ4v) is 3.33. The van der Waals surface area contributed by atoms with Crippen molar-refractivity contribution in [1.82, 2.24) is 0 Å². The van der Waals surface area contributed by atoms with E-state index in [0.717, 1.165) is 16.7 Å². The SMILES string of the molecule is O=C(CC1SC(=O)N(c2ccccc2)C1=O)Nc1ccccc1O. The molecule has 2 N–H and O–H groups in total. The zero-order chi connectivity index (χ0) is 17.1. The molecule has 0 spiro atoms. The molecule has 24 heavy (non-hydrogen) atoms. The molecule has 1 atom stereocenters. The average molecular weight is 342 g/mol. The van der Waals surface area contributed by atoms with Crippen LogP contribution in [-0.4, -0.2) is 27.4 Å². The number of hydrogen-bond donors (Lipinski definition) is 2. The predicted molar refractivity (Wildman–Crippen MR) is 92.1 cm³/mol. The summed E-state index contributed by atoms with van der Waals surface area (Å²) in [6, 6.07) is 14.9. The van der Waals surface area contributed by atoms with Gasteiger partial charge in [0.05, 0.1) is 11.4 Å². The second-order valence-corrected chi connectivity index (χ2v) is 6.31. The number of para-hydroxylation sites is 3. The lowest BCUT2D eigenvalue weighted by Gasteiger charge is -2.13. The normalized spacial score (nSPS) is 17.2. The van der Waals surface area contributed by atoms with E-state index in [1.807, 2.05) is 0 Å². The predicted octanol–water partition coefficient (Wildman–Crippen LogP) is 2.99. The summed E-state index contributed by atoms with van der Waals surface area (Å²) in [6.45, 7) is 0. The van der Waals surface area contributed by atoms with Gasteiger partial charge in [0, 0.05) is 6.42 Å². The molecule has 122 valence electrons. The minimum atomic E-state index is -0.774. The molecule has 1 heterocycles. The molecule has 0 radical (unpaired) electrons. The van der Waals surface area contributed by atoms with Gasteiger partial charge in [0.2, 0.25) is 11.8 Å². The molecule has 2 aromatic carbocycles. The van der Waals surface area contributed by atoms with Crippen LogP contribution in [-0.2, 0) is 9.59 Å². The maximum atomic E-state index is 12.4. The molecule has 0 bridgehead atoms. The van der Waals surface area contributed by atoms with E-state index in [1.54, 1.807) is 48.5 Å². The van der Waals surface area contributed by atoms with Gasteiger partial charge in [-0.3, -0.25) is 14.4 Å². The van der Waals surface area contributed by atoms with Crippen molar-refractivity contribution >= 4 is 40.2 Å². The van der Waals surface area contributed by atoms with Crippen molar-refractivity contribution in [3.05, 3.63) is 54.6 Å². The molecule has 0 saturated carbocycles. The van der Waals surface area contributed by atoms with Gasteiger partial charge < -0.3 is 10.4 Å². The summed E-state index contributed by atoms with van der Waals surface area (Å²) >= 11 is 0.834. The summed E-state index contributed by atoms with van der Waals surface area (Å²) in [7, 11) is 0. The van der Waals surface area contributed by atoms with Crippen LogP contribution in [0, 0.1) is 0 Å². The Morgan fingerprint density at radius 3 is 2.46 bits per heavy atom. The third-order valence-corrected chi connectivity index (χ3v) is 4.52. The van der Waals surface area contributed by atoms with Gasteiger partial charge in [-0.1, -0.05) is 30.3 Å². The second kappa shape index (κ2) is 6.76. The summed E-state index contributed by atoms with van der Waals surface area (Å²) in [5.41, 5.74) is 0.757. The van der Waals surface area contributed by atoms with Gasteiger partial charge in [0.1, 0.15) is 11.0 Å². The standard InChI is InChI=1S/C17H14N2O4S/c20-13-9-5-4-8-12(13)18-15(21)10-14-16(22)19(17(23)24-14)11-6-2-1-3-7-11/h1-9,14,20H,10H2,(H,18,21). The number of imide groups is 1. The number of benzene rings is 2. The molecular formula is C17H14N2O4S. The van der Waals surface area contributed by atoms with Gasteiger partial charge in [-0.2, -0.15) is 0 Å². The lowest BCUT2D eigenvalue weighted by molar-refractivity contribution is -0.121. The van der Waals surface area contributed by atoms with Crippen LogP contribution in [0.4, 0.5) is 16.2 Å². The van der Waals surface area contributed by atoms with Crippen molar-refractivity contribution in [3.63, 3.8) is 0 Å². The molecule has 0 aromatic heterocycles. The first-order valence-corrected chi connectivity index (χ1v) is 8.11. The molecule has 0 aliphatic carbocycles. The highest BCUT2D eigenvalue weighted by molar-refractivity contribution is 8.15. The third-order valence-electron chi connectivity index (χ3n) is 3.48. The Kier molecular flexibility index (Phi) is 4.52. The average Bonchev–Trinajstić information content (AvgIpc) is 2.84. The summed E-state index contributed by atoms with van der Waals surface area (Å²) in [6.07, 6.45) is -0.146. The number of aromatic hydroxyl groups is 1. The van der Waals surface area contributed by atoms with Crippen LogP contribution in [0.25, 0.3) is 0 Å². The van der Waals surface area contributed by atoms with Crippen LogP contribution < -0.4 is 10.2 Å². The Hall–Kier alpha value is -2.80. The Labute approximate surface area is 142 Å². The third kappa shape index (κ3) is 3.26. The highest BCUT2D eigenvalue weighted by atomic mass is 32.2. The van der Waals surface area contributed by atoms with Crippen molar-refractivity contribution in [2.24, 2.45) is 0 Å². The van der Waals surface area contributed by atoms with Crippen molar-refractivity contribution in [2.75, 3.05) is 10.2 Å². The number of amides is 3. The van der Waals surface area contributed by atoms with Gasteiger partial charge in [-0.05, 0) is 36.0 Å². The molecule has 1 fully saturated rings. The lowest BCUT2D eigenvalue weighted by atomic mass is 10.2. The first kappa shape index (κ1) is 16.1. The number of hydrogen-bond acceptors (Lipinski definition) is 5. The van der Waals surface area contributed by atoms with Gasteiger partial charge in [0.15, 0.2) is 0 Å². The number of nitrogens with zero attached hydrogens (tertiary/aromatic N) is 1. The number of nitrogens with one attached hydrogen (secondary N) is 1. The number of carbonyl (C=O) groups is 3. The van der Waals surface area contributed by atoms with E-state index in [2.05, 4.69) is 5.32 Å². The molecular weight excluding hydrogens is 328 g/mol.